The van der Waals surface area contributed by atoms with Crippen LogP contribution in [0.2, 0.25) is 0 Å². The lowest BCUT2D eigenvalue weighted by atomic mass is 10.4. The maximum Gasteiger partial charge on any atom is 0.115 e. The van der Waals surface area contributed by atoms with E-state index in [4.69, 9.17) is 0 Å². The van der Waals surface area contributed by atoms with E-state index in [2.05, 4.69) is 4.98 Å². The van der Waals surface area contributed by atoms with Crippen LogP contribution < -0.4 is 0 Å². The molecule has 4 nitrogen and oxygen atoms in total. The third-order valence-corrected chi connectivity index (χ3v) is 4.57. The van der Waals surface area contributed by atoms with Gasteiger partial charge in [-0.3, -0.25) is 13.4 Å². The third kappa shape index (κ3) is 1.62. The van der Waals surface area contributed by atoms with E-state index in [0.29, 0.717) is 5.03 Å². The van der Waals surface area contributed by atoms with Crippen LogP contribution in [0.5, 0.6) is 0 Å². The van der Waals surface area contributed by atoms with Crippen LogP contribution in [0.3, 0.4) is 0 Å². The van der Waals surface area contributed by atoms with Gasteiger partial charge in [0.05, 0.1) is 38.2 Å². The van der Waals surface area contributed by atoms with Gasteiger partial charge >= 0.3 is 0 Å². The molecule has 0 fully saturated rings. The maximum absolute atomic E-state index is 11.7. The topological polar surface area (TPSA) is 51.4 Å². The Morgan fingerprint density at radius 1 is 1.25 bits per heavy atom. The van der Waals surface area contributed by atoms with Gasteiger partial charge in [-0.05, 0) is 6.92 Å². The van der Waals surface area contributed by atoms with Crippen LogP contribution in [0.25, 0.3) is 5.52 Å². The molecule has 0 radical (unpaired) electrons. The van der Waals surface area contributed by atoms with E-state index in [9.17, 15) is 8.42 Å². The summed E-state index contributed by atoms with van der Waals surface area (Å²) in [5.74, 6) is 0. The molecule has 0 spiro atoms. The van der Waals surface area contributed by atoms with E-state index in [0.717, 1.165) is 16.0 Å². The molecular weight excluding hydrogens is 244 g/mol. The zero-order chi connectivity index (χ0) is 11.9. The average Bonchev–Trinajstić information content (AvgIpc) is 2.49. The summed E-state index contributed by atoms with van der Waals surface area (Å²) in [6, 6.07) is 0. The molecule has 2 heterocycles. The Kier molecular flexibility index (Phi) is 2.94. The van der Waals surface area contributed by atoms with Gasteiger partial charge in [-0.2, -0.15) is 0 Å². The Hall–Kier alpha value is -1.01. The Bertz CT molecular complexity index is 553. The predicted molar refractivity (Wildman–Crippen MR) is 64.6 cm³/mol. The zero-order valence-corrected chi connectivity index (χ0v) is 10.9. The van der Waals surface area contributed by atoms with E-state index in [1.54, 1.807) is 35.5 Å². The highest BCUT2D eigenvalue weighted by Gasteiger charge is 2.19. The molecule has 0 bridgehead atoms. The fraction of sp³-hybridized carbons (Fsp3) is 0.300. The van der Waals surface area contributed by atoms with Crippen LogP contribution in [0, 0.1) is 6.92 Å². The first-order valence-corrected chi connectivity index (χ1v) is 7.77. The molecule has 6 heteroatoms. The Morgan fingerprint density at radius 3 is 2.50 bits per heavy atom. The number of hydrogen-bond donors (Lipinski definition) is 0. The molecule has 0 aliphatic carbocycles. The molecular formula is C10H12N2O2S2. The minimum Gasteiger partial charge on any atom is -0.305 e. The summed E-state index contributed by atoms with van der Waals surface area (Å²) in [6.07, 6.45) is 8.27. The average molecular weight is 256 g/mol. The van der Waals surface area contributed by atoms with Gasteiger partial charge in [-0.25, -0.2) is 0 Å². The highest BCUT2D eigenvalue weighted by molar-refractivity contribution is 7.85. The van der Waals surface area contributed by atoms with Gasteiger partial charge in [0.25, 0.3) is 0 Å². The monoisotopic (exact) mass is 256 g/mol. The molecule has 0 aliphatic heterocycles. The summed E-state index contributed by atoms with van der Waals surface area (Å²) in [6.45, 7) is 1.85. The first-order chi connectivity index (χ1) is 7.54. The number of fused-ring (bicyclic) bond motifs is 1. The van der Waals surface area contributed by atoms with Crippen molar-refractivity contribution in [1.82, 2.24) is 9.38 Å². The second-order valence-electron chi connectivity index (χ2n) is 3.50. The molecule has 2 rings (SSSR count). The highest BCUT2D eigenvalue weighted by Crippen LogP contribution is 2.26. The van der Waals surface area contributed by atoms with Crippen molar-refractivity contribution in [1.29, 1.82) is 0 Å². The molecule has 0 saturated heterocycles. The van der Waals surface area contributed by atoms with E-state index < -0.39 is 21.6 Å². The van der Waals surface area contributed by atoms with Gasteiger partial charge in [0.1, 0.15) is 5.03 Å². The molecule has 0 amide bonds. The lowest BCUT2D eigenvalue weighted by molar-refractivity contribution is 0.682. The molecule has 86 valence electrons. The number of nitrogens with zero attached hydrogens (tertiary/aromatic N) is 2. The first kappa shape index (κ1) is 11.5. The molecule has 2 aromatic heterocycles. The number of rotatable bonds is 2. The minimum atomic E-state index is -1.11. The summed E-state index contributed by atoms with van der Waals surface area (Å²) in [5, 5.41) is 0.697. The smallest absolute Gasteiger partial charge is 0.115 e. The Morgan fingerprint density at radius 2 is 1.94 bits per heavy atom. The third-order valence-electron chi connectivity index (χ3n) is 2.43. The first-order valence-electron chi connectivity index (χ1n) is 4.65. The largest absolute Gasteiger partial charge is 0.305 e. The minimum absolute atomic E-state index is 0.697. The van der Waals surface area contributed by atoms with Crippen molar-refractivity contribution in [3.05, 3.63) is 24.2 Å². The normalized spacial score (nSPS) is 15.2. The molecule has 0 aromatic carbocycles. The standard InChI is InChI=1S/C10H12N2O2S2/c1-7-9(15(2)13)8-6-11-4-5-12(8)10(7)16(3)14/h4-6H,1-3H3. The van der Waals surface area contributed by atoms with Crippen LogP contribution in [0.1, 0.15) is 5.56 Å². The van der Waals surface area contributed by atoms with Crippen LogP contribution in [0.4, 0.5) is 0 Å². The Balaban J connectivity index is 2.97. The predicted octanol–water partition coefficient (Wildman–Crippen LogP) is 1.12. The molecule has 0 saturated carbocycles. The zero-order valence-electron chi connectivity index (χ0n) is 9.26. The lowest BCUT2D eigenvalue weighted by Crippen LogP contribution is -1.96. The quantitative estimate of drug-likeness (QED) is 0.809. The second kappa shape index (κ2) is 4.10. The number of aromatic nitrogens is 2. The van der Waals surface area contributed by atoms with Crippen LogP contribution >= 0.6 is 0 Å². The van der Waals surface area contributed by atoms with Crippen molar-refractivity contribution >= 4 is 27.1 Å². The van der Waals surface area contributed by atoms with Gasteiger partial charge in [-0.15, -0.1) is 0 Å². The van der Waals surface area contributed by atoms with Crippen LogP contribution in [-0.4, -0.2) is 30.3 Å². The summed E-state index contributed by atoms with van der Waals surface area (Å²) in [4.78, 5) is 4.74. The molecule has 0 aliphatic rings. The van der Waals surface area contributed by atoms with Crippen LogP contribution in [0.15, 0.2) is 28.5 Å². The summed E-state index contributed by atoms with van der Waals surface area (Å²) < 4.78 is 25.2. The van der Waals surface area contributed by atoms with Gasteiger partial charge in [0, 0.05) is 30.5 Å². The molecule has 2 atom stereocenters. The van der Waals surface area contributed by atoms with E-state index in [-0.39, 0.29) is 0 Å². The van der Waals surface area contributed by atoms with Crippen molar-refractivity contribution < 1.29 is 8.42 Å². The lowest BCUT2D eigenvalue weighted by Gasteiger charge is -1.98. The summed E-state index contributed by atoms with van der Waals surface area (Å²) >= 11 is 0. The van der Waals surface area contributed by atoms with Gasteiger partial charge in [0.2, 0.25) is 0 Å². The fourth-order valence-corrected chi connectivity index (χ4v) is 3.90. The molecule has 16 heavy (non-hydrogen) atoms. The molecule has 2 unspecified atom stereocenters. The number of hydrogen-bond acceptors (Lipinski definition) is 3. The summed E-state index contributed by atoms with van der Waals surface area (Å²) in [5.41, 5.74) is 1.60. The Labute approximate surface area is 98.6 Å². The second-order valence-corrected chi connectivity index (χ2v) is 6.11. The van der Waals surface area contributed by atoms with Gasteiger partial charge in [-0.1, -0.05) is 0 Å². The van der Waals surface area contributed by atoms with Crippen LogP contribution in [-0.2, 0) is 21.6 Å². The summed E-state index contributed by atoms with van der Waals surface area (Å²) in [7, 11) is -2.22. The van der Waals surface area contributed by atoms with Crippen molar-refractivity contribution in [3.8, 4) is 0 Å². The van der Waals surface area contributed by atoms with Gasteiger partial charge in [0.15, 0.2) is 0 Å². The molecule has 0 N–H and O–H groups in total. The highest BCUT2D eigenvalue weighted by atomic mass is 32.2. The van der Waals surface area contributed by atoms with E-state index in [1.807, 2.05) is 6.92 Å². The SMILES string of the molecule is Cc1c(S(C)=O)c2cnccn2c1S(C)=O. The van der Waals surface area contributed by atoms with E-state index >= 15 is 0 Å². The fourth-order valence-electron chi connectivity index (χ4n) is 1.89. The van der Waals surface area contributed by atoms with Crippen molar-refractivity contribution in [2.24, 2.45) is 0 Å². The van der Waals surface area contributed by atoms with E-state index in [1.165, 1.54) is 0 Å². The van der Waals surface area contributed by atoms with Crippen molar-refractivity contribution in [3.63, 3.8) is 0 Å². The molecule has 2 aromatic rings. The van der Waals surface area contributed by atoms with Gasteiger partial charge < -0.3 is 4.40 Å². The van der Waals surface area contributed by atoms with Crippen molar-refractivity contribution in [2.75, 3.05) is 12.5 Å². The maximum atomic E-state index is 11.7. The van der Waals surface area contributed by atoms with Crippen molar-refractivity contribution in [2.45, 2.75) is 16.8 Å².